The molecular weight excluding hydrogens is 474 g/mol. The summed E-state index contributed by atoms with van der Waals surface area (Å²) >= 11 is 0. The minimum atomic E-state index is -0.624. The first-order valence-electron chi connectivity index (χ1n) is 14.0. The molecule has 1 amide bonds. The van der Waals surface area contributed by atoms with E-state index in [0.29, 0.717) is 19.6 Å². The van der Waals surface area contributed by atoms with Gasteiger partial charge in [0.25, 0.3) is 0 Å². The van der Waals surface area contributed by atoms with Crippen molar-refractivity contribution in [1.82, 2.24) is 14.8 Å². The number of aliphatic hydroxyl groups is 1. The predicted molar refractivity (Wildman–Crippen MR) is 156 cm³/mol. The highest BCUT2D eigenvalue weighted by molar-refractivity contribution is 5.83. The smallest absolute Gasteiger partial charge is 0.237 e. The third kappa shape index (κ3) is 8.97. The van der Waals surface area contributed by atoms with Crippen molar-refractivity contribution in [3.63, 3.8) is 0 Å². The molecule has 3 rings (SSSR count). The Morgan fingerprint density at radius 1 is 1.05 bits per heavy atom. The molecule has 0 fully saturated rings. The molecule has 6 heteroatoms. The molecule has 0 aliphatic carbocycles. The van der Waals surface area contributed by atoms with Crippen LogP contribution in [0.1, 0.15) is 64.7 Å². The summed E-state index contributed by atoms with van der Waals surface area (Å²) in [6.07, 6.45) is 3.18. The molecule has 6 nitrogen and oxygen atoms in total. The maximum absolute atomic E-state index is 13.7. The molecule has 0 aliphatic heterocycles. The van der Waals surface area contributed by atoms with Crippen LogP contribution in [0.5, 0.6) is 0 Å². The van der Waals surface area contributed by atoms with Crippen molar-refractivity contribution in [3.05, 3.63) is 71.4 Å². The number of para-hydroxylation sites is 1. The maximum Gasteiger partial charge on any atom is 0.237 e. The number of hydrogen-bond donors (Lipinski definition) is 2. The number of amides is 1. The zero-order valence-corrected chi connectivity index (χ0v) is 24.2. The van der Waals surface area contributed by atoms with Gasteiger partial charge in [0.1, 0.15) is 0 Å². The van der Waals surface area contributed by atoms with E-state index in [1.165, 1.54) is 16.5 Å². The minimum absolute atomic E-state index is 0.0654. The van der Waals surface area contributed by atoms with E-state index in [1.54, 1.807) is 0 Å². The minimum Gasteiger partial charge on any atom is -0.389 e. The lowest BCUT2D eigenvalue weighted by molar-refractivity contribution is -0.133. The molecule has 2 N–H and O–H groups in total. The zero-order chi connectivity index (χ0) is 27.7. The van der Waals surface area contributed by atoms with Gasteiger partial charge in [-0.1, -0.05) is 70.2 Å². The fourth-order valence-corrected chi connectivity index (χ4v) is 4.71. The molecular formula is C32H47N3O3. The van der Waals surface area contributed by atoms with Crippen molar-refractivity contribution in [2.24, 2.45) is 0 Å². The summed E-state index contributed by atoms with van der Waals surface area (Å²) in [6, 6.07) is 16.9. The molecule has 0 bridgehead atoms. The van der Waals surface area contributed by atoms with Crippen LogP contribution in [0.2, 0.25) is 0 Å². The van der Waals surface area contributed by atoms with Crippen LogP contribution in [-0.4, -0.2) is 70.8 Å². The van der Waals surface area contributed by atoms with E-state index in [2.05, 4.69) is 86.2 Å². The molecule has 208 valence electrons. The van der Waals surface area contributed by atoms with Crippen LogP contribution in [0.15, 0.2) is 54.7 Å². The van der Waals surface area contributed by atoms with E-state index < -0.39 is 6.10 Å². The average Bonchev–Trinajstić information content (AvgIpc) is 3.28. The van der Waals surface area contributed by atoms with Gasteiger partial charge < -0.3 is 19.7 Å². The van der Waals surface area contributed by atoms with Crippen LogP contribution in [0.4, 0.5) is 0 Å². The number of nitrogens with one attached hydrogen (secondary N) is 1. The Kier molecular flexibility index (Phi) is 11.0. The SMILES string of the molecule is CCCN(CC(=O)N(CCc1c[nH]c2ccccc12)Cc1ccc(C(C)(C)C)cc1)C[C@@H](O)COC(C)C. The van der Waals surface area contributed by atoms with Crippen molar-refractivity contribution in [2.75, 3.05) is 32.8 Å². The molecule has 2 aromatic carbocycles. The van der Waals surface area contributed by atoms with E-state index in [4.69, 9.17) is 4.74 Å². The summed E-state index contributed by atoms with van der Waals surface area (Å²) < 4.78 is 5.59. The van der Waals surface area contributed by atoms with Crippen LogP contribution < -0.4 is 0 Å². The number of nitrogens with zero attached hydrogens (tertiary/aromatic N) is 2. The number of carbonyl (C=O) groups is 1. The zero-order valence-electron chi connectivity index (χ0n) is 24.2. The number of carbonyl (C=O) groups excluding carboxylic acids is 1. The molecule has 1 heterocycles. The number of H-pyrrole nitrogens is 1. The van der Waals surface area contributed by atoms with E-state index >= 15 is 0 Å². The normalized spacial score (nSPS) is 13.0. The van der Waals surface area contributed by atoms with E-state index in [0.717, 1.165) is 30.5 Å². The van der Waals surface area contributed by atoms with Gasteiger partial charge in [-0.3, -0.25) is 9.69 Å². The quantitative estimate of drug-likeness (QED) is 0.293. The summed E-state index contributed by atoms with van der Waals surface area (Å²) in [4.78, 5) is 21.1. The molecule has 0 saturated carbocycles. The molecule has 0 saturated heterocycles. The molecule has 0 aliphatic rings. The van der Waals surface area contributed by atoms with Crippen molar-refractivity contribution < 1.29 is 14.6 Å². The number of benzene rings is 2. The van der Waals surface area contributed by atoms with Crippen LogP contribution in [0.25, 0.3) is 10.9 Å². The van der Waals surface area contributed by atoms with Crippen LogP contribution in [0, 0.1) is 0 Å². The Bertz CT molecular complexity index is 1130. The fraction of sp³-hybridized carbons (Fsp3) is 0.531. The van der Waals surface area contributed by atoms with Gasteiger partial charge in [0.15, 0.2) is 0 Å². The van der Waals surface area contributed by atoms with Gasteiger partial charge in [-0.05, 0) is 61.4 Å². The van der Waals surface area contributed by atoms with Crippen LogP contribution in [0.3, 0.4) is 0 Å². The highest BCUT2D eigenvalue weighted by atomic mass is 16.5. The Morgan fingerprint density at radius 3 is 2.42 bits per heavy atom. The molecule has 0 radical (unpaired) electrons. The molecule has 1 aromatic heterocycles. The number of fused-ring (bicyclic) bond motifs is 1. The number of aromatic amines is 1. The van der Waals surface area contributed by atoms with Gasteiger partial charge in [-0.2, -0.15) is 0 Å². The molecule has 3 aromatic rings. The fourth-order valence-electron chi connectivity index (χ4n) is 4.71. The van der Waals surface area contributed by atoms with E-state index in [-0.39, 0.29) is 30.6 Å². The second-order valence-electron chi connectivity index (χ2n) is 11.6. The van der Waals surface area contributed by atoms with Gasteiger partial charge in [0, 0.05) is 36.7 Å². The molecule has 0 spiro atoms. The van der Waals surface area contributed by atoms with Crippen molar-refractivity contribution in [2.45, 2.75) is 78.6 Å². The third-order valence-electron chi connectivity index (χ3n) is 6.86. The monoisotopic (exact) mass is 521 g/mol. The first-order valence-corrected chi connectivity index (χ1v) is 14.0. The summed E-state index contributed by atoms with van der Waals surface area (Å²) in [6.45, 7) is 15.6. The van der Waals surface area contributed by atoms with Gasteiger partial charge in [0.05, 0.1) is 25.4 Å². The van der Waals surface area contributed by atoms with Crippen molar-refractivity contribution in [3.8, 4) is 0 Å². The number of aliphatic hydroxyl groups excluding tert-OH is 1. The van der Waals surface area contributed by atoms with Crippen molar-refractivity contribution >= 4 is 16.8 Å². The first kappa shape index (κ1) is 29.9. The van der Waals surface area contributed by atoms with E-state index in [9.17, 15) is 9.90 Å². The van der Waals surface area contributed by atoms with Gasteiger partial charge in [-0.15, -0.1) is 0 Å². The number of rotatable bonds is 14. The number of aromatic nitrogens is 1. The Labute approximate surface area is 229 Å². The van der Waals surface area contributed by atoms with Gasteiger partial charge >= 0.3 is 0 Å². The standard InChI is InChI=1S/C32H47N3O3/c1-7-17-34(21-28(36)23-38-24(2)3)22-31(37)35(20-25-12-14-27(15-13-25)32(4,5)6)18-16-26-19-33-30-11-9-8-10-29(26)30/h8-15,19,24,28,33,36H,7,16-18,20-23H2,1-6H3/t28-/m1/s1. The predicted octanol–water partition coefficient (Wildman–Crippen LogP) is 5.53. The lowest BCUT2D eigenvalue weighted by Gasteiger charge is -2.29. The topological polar surface area (TPSA) is 68.8 Å². The lowest BCUT2D eigenvalue weighted by atomic mass is 9.87. The second-order valence-corrected chi connectivity index (χ2v) is 11.6. The summed E-state index contributed by atoms with van der Waals surface area (Å²) in [5, 5.41) is 11.7. The van der Waals surface area contributed by atoms with E-state index in [1.807, 2.05) is 24.8 Å². The highest BCUT2D eigenvalue weighted by Gasteiger charge is 2.21. The van der Waals surface area contributed by atoms with Crippen molar-refractivity contribution in [1.29, 1.82) is 0 Å². The molecule has 1 atom stereocenters. The van der Waals surface area contributed by atoms with Gasteiger partial charge in [-0.25, -0.2) is 0 Å². The van der Waals surface area contributed by atoms with Crippen LogP contribution in [-0.2, 0) is 27.9 Å². The number of ether oxygens (including phenoxy) is 1. The average molecular weight is 522 g/mol. The maximum atomic E-state index is 13.7. The molecule has 0 unspecified atom stereocenters. The summed E-state index contributed by atoms with van der Waals surface area (Å²) in [5.74, 6) is 0.0789. The highest BCUT2D eigenvalue weighted by Crippen LogP contribution is 2.23. The number of hydrogen-bond acceptors (Lipinski definition) is 4. The largest absolute Gasteiger partial charge is 0.389 e. The first-order chi connectivity index (χ1) is 18.1. The Balaban J connectivity index is 1.74. The Hall–Kier alpha value is -2.67. The van der Waals surface area contributed by atoms with Crippen LogP contribution >= 0.6 is 0 Å². The Morgan fingerprint density at radius 2 is 1.76 bits per heavy atom. The molecule has 38 heavy (non-hydrogen) atoms. The lowest BCUT2D eigenvalue weighted by Crippen LogP contribution is -2.44. The summed E-state index contributed by atoms with van der Waals surface area (Å²) in [7, 11) is 0. The third-order valence-corrected chi connectivity index (χ3v) is 6.86. The summed E-state index contributed by atoms with van der Waals surface area (Å²) in [5.41, 5.74) is 4.82. The van der Waals surface area contributed by atoms with Gasteiger partial charge in [0.2, 0.25) is 5.91 Å². The second kappa shape index (κ2) is 13.9.